The van der Waals surface area contributed by atoms with Crippen molar-refractivity contribution in [3.8, 4) is 0 Å². The Morgan fingerprint density at radius 3 is 2.82 bits per heavy atom. The van der Waals surface area contributed by atoms with Gasteiger partial charge in [0, 0.05) is 38.2 Å². The van der Waals surface area contributed by atoms with Crippen molar-refractivity contribution in [2.75, 3.05) is 26.3 Å². The maximum absolute atomic E-state index is 5.70. The van der Waals surface area contributed by atoms with Crippen molar-refractivity contribution in [1.82, 2.24) is 25.4 Å². The summed E-state index contributed by atoms with van der Waals surface area (Å²) in [6.07, 6.45) is 4.64. The largest absolute Gasteiger partial charge is 0.381 e. The summed E-state index contributed by atoms with van der Waals surface area (Å²) in [5, 5.41) is 17.2. The van der Waals surface area contributed by atoms with Crippen LogP contribution in [0.5, 0.6) is 0 Å². The van der Waals surface area contributed by atoms with Gasteiger partial charge in [0.1, 0.15) is 12.4 Å². The standard InChI is InChI=1S/C19H30N6OS.HI/c1-15-23-24-18(25(15)2)13-22-19(21-10-8-17-5-3-12-27-17)20-9-4-11-26-14-16-6-7-16;/h3,5,12,16H,4,6-11,13-14H2,1-2H3,(H2,20,21,22);1H. The summed E-state index contributed by atoms with van der Waals surface area (Å²) in [7, 11) is 1.97. The van der Waals surface area contributed by atoms with Crippen LogP contribution in [-0.4, -0.2) is 47.0 Å². The fraction of sp³-hybridized carbons (Fsp3) is 0.632. The van der Waals surface area contributed by atoms with Crippen molar-refractivity contribution in [2.24, 2.45) is 18.0 Å². The average Bonchev–Trinajstić information content (AvgIpc) is 3.25. The van der Waals surface area contributed by atoms with Gasteiger partial charge in [-0.15, -0.1) is 45.5 Å². The second kappa shape index (κ2) is 12.4. The molecule has 156 valence electrons. The zero-order valence-electron chi connectivity index (χ0n) is 16.7. The number of aliphatic imine (C=N–C) groups is 1. The molecular weight excluding hydrogens is 487 g/mol. The van der Waals surface area contributed by atoms with E-state index in [0.29, 0.717) is 6.54 Å². The molecule has 1 aliphatic rings. The molecular formula is C19H31IN6OS. The summed E-state index contributed by atoms with van der Waals surface area (Å²) in [4.78, 5) is 6.05. The van der Waals surface area contributed by atoms with Gasteiger partial charge in [-0.25, -0.2) is 4.99 Å². The lowest BCUT2D eigenvalue weighted by atomic mass is 10.3. The first-order valence-corrected chi connectivity index (χ1v) is 10.6. The van der Waals surface area contributed by atoms with Gasteiger partial charge in [0.25, 0.3) is 0 Å². The van der Waals surface area contributed by atoms with Crippen LogP contribution in [0.1, 0.15) is 35.8 Å². The number of aryl methyl sites for hydroxylation is 1. The van der Waals surface area contributed by atoms with E-state index in [9.17, 15) is 0 Å². The van der Waals surface area contributed by atoms with E-state index in [1.807, 2.05) is 18.5 Å². The number of nitrogens with zero attached hydrogens (tertiary/aromatic N) is 4. The van der Waals surface area contributed by atoms with Gasteiger partial charge in [-0.2, -0.15) is 0 Å². The van der Waals surface area contributed by atoms with E-state index in [2.05, 4.69) is 43.3 Å². The SMILES string of the molecule is Cc1nnc(CN=C(NCCCOCC2CC2)NCCc2cccs2)n1C.I. The molecule has 0 bridgehead atoms. The van der Waals surface area contributed by atoms with E-state index < -0.39 is 0 Å². The Labute approximate surface area is 188 Å². The zero-order chi connectivity index (χ0) is 18.9. The van der Waals surface area contributed by atoms with Gasteiger partial charge < -0.3 is 19.9 Å². The molecule has 2 heterocycles. The zero-order valence-corrected chi connectivity index (χ0v) is 19.8. The molecule has 0 aliphatic heterocycles. The molecule has 2 aromatic rings. The van der Waals surface area contributed by atoms with Crippen LogP contribution < -0.4 is 10.6 Å². The number of rotatable bonds is 11. The molecule has 0 atom stereocenters. The minimum absolute atomic E-state index is 0. The Bertz CT molecular complexity index is 714. The van der Waals surface area contributed by atoms with Crippen molar-refractivity contribution in [2.45, 2.75) is 39.2 Å². The molecule has 0 aromatic carbocycles. The van der Waals surface area contributed by atoms with Gasteiger partial charge in [-0.3, -0.25) is 0 Å². The summed E-state index contributed by atoms with van der Waals surface area (Å²) >= 11 is 1.79. The number of nitrogens with one attached hydrogen (secondary N) is 2. The average molecular weight is 518 g/mol. The van der Waals surface area contributed by atoms with E-state index in [1.165, 1.54) is 17.7 Å². The summed E-state index contributed by atoms with van der Waals surface area (Å²) in [5.41, 5.74) is 0. The third kappa shape index (κ3) is 8.04. The Morgan fingerprint density at radius 1 is 1.32 bits per heavy atom. The lowest BCUT2D eigenvalue weighted by Gasteiger charge is -2.12. The van der Waals surface area contributed by atoms with Crippen molar-refractivity contribution >= 4 is 41.3 Å². The topological polar surface area (TPSA) is 76.4 Å². The number of halogens is 1. The minimum atomic E-state index is 0. The molecule has 0 radical (unpaired) electrons. The highest BCUT2D eigenvalue weighted by atomic mass is 127. The summed E-state index contributed by atoms with van der Waals surface area (Å²) in [6.45, 7) is 5.86. The van der Waals surface area contributed by atoms with Gasteiger partial charge in [0.2, 0.25) is 0 Å². The van der Waals surface area contributed by atoms with Crippen LogP contribution in [0.4, 0.5) is 0 Å². The Morgan fingerprint density at radius 2 is 2.14 bits per heavy atom. The van der Waals surface area contributed by atoms with Gasteiger partial charge in [-0.05, 0) is 50.0 Å². The van der Waals surface area contributed by atoms with E-state index in [4.69, 9.17) is 4.74 Å². The smallest absolute Gasteiger partial charge is 0.191 e. The first-order chi connectivity index (χ1) is 13.2. The third-order valence-corrected chi connectivity index (χ3v) is 5.55. The maximum Gasteiger partial charge on any atom is 0.191 e. The second-order valence-electron chi connectivity index (χ2n) is 6.94. The fourth-order valence-corrected chi connectivity index (χ4v) is 3.30. The number of aromatic nitrogens is 3. The summed E-state index contributed by atoms with van der Waals surface area (Å²) in [5.74, 6) is 3.39. The molecule has 7 nitrogen and oxygen atoms in total. The predicted molar refractivity (Wildman–Crippen MR) is 124 cm³/mol. The van der Waals surface area contributed by atoms with Crippen molar-refractivity contribution in [1.29, 1.82) is 0 Å². The summed E-state index contributed by atoms with van der Waals surface area (Å²) < 4.78 is 7.67. The van der Waals surface area contributed by atoms with Gasteiger partial charge in [0.15, 0.2) is 11.8 Å². The predicted octanol–water partition coefficient (Wildman–Crippen LogP) is 2.90. The van der Waals surface area contributed by atoms with Crippen LogP contribution in [0.25, 0.3) is 0 Å². The Hall–Kier alpha value is -1.20. The molecule has 2 aromatic heterocycles. The lowest BCUT2D eigenvalue weighted by Crippen LogP contribution is -2.39. The molecule has 2 N–H and O–H groups in total. The number of ether oxygens (including phenoxy) is 1. The van der Waals surface area contributed by atoms with Crippen LogP contribution >= 0.6 is 35.3 Å². The number of thiophene rings is 1. The number of guanidine groups is 1. The van der Waals surface area contributed by atoms with Crippen molar-refractivity contribution in [3.05, 3.63) is 34.0 Å². The molecule has 0 saturated heterocycles. The second-order valence-corrected chi connectivity index (χ2v) is 7.97. The van der Waals surface area contributed by atoms with Crippen LogP contribution in [0.3, 0.4) is 0 Å². The first kappa shape index (κ1) is 23.1. The van der Waals surface area contributed by atoms with Gasteiger partial charge in [-0.1, -0.05) is 6.07 Å². The van der Waals surface area contributed by atoms with Crippen LogP contribution in [0, 0.1) is 12.8 Å². The van der Waals surface area contributed by atoms with Gasteiger partial charge >= 0.3 is 0 Å². The van der Waals surface area contributed by atoms with E-state index >= 15 is 0 Å². The lowest BCUT2D eigenvalue weighted by molar-refractivity contribution is 0.123. The Balaban J connectivity index is 0.00000280. The highest BCUT2D eigenvalue weighted by Crippen LogP contribution is 2.28. The molecule has 0 unspecified atom stereocenters. The van der Waals surface area contributed by atoms with Gasteiger partial charge in [0.05, 0.1) is 0 Å². The Kier molecular flexibility index (Phi) is 10.2. The van der Waals surface area contributed by atoms with E-state index in [0.717, 1.165) is 62.7 Å². The minimum Gasteiger partial charge on any atom is -0.381 e. The molecule has 9 heteroatoms. The molecule has 3 rings (SSSR count). The van der Waals surface area contributed by atoms with Crippen LogP contribution in [0.2, 0.25) is 0 Å². The molecule has 0 amide bonds. The van der Waals surface area contributed by atoms with Crippen LogP contribution in [-0.2, 0) is 24.8 Å². The van der Waals surface area contributed by atoms with Crippen molar-refractivity contribution in [3.63, 3.8) is 0 Å². The highest BCUT2D eigenvalue weighted by Gasteiger charge is 2.20. The molecule has 1 aliphatic carbocycles. The number of hydrogen-bond donors (Lipinski definition) is 2. The third-order valence-electron chi connectivity index (χ3n) is 4.61. The monoisotopic (exact) mass is 518 g/mol. The molecule has 1 fully saturated rings. The van der Waals surface area contributed by atoms with Crippen molar-refractivity contribution < 1.29 is 4.74 Å². The quantitative estimate of drug-likeness (QED) is 0.207. The summed E-state index contributed by atoms with van der Waals surface area (Å²) in [6, 6.07) is 4.25. The first-order valence-electron chi connectivity index (χ1n) is 9.69. The van der Waals surface area contributed by atoms with E-state index in [1.54, 1.807) is 11.3 Å². The van der Waals surface area contributed by atoms with Crippen LogP contribution in [0.15, 0.2) is 22.5 Å². The fourth-order valence-electron chi connectivity index (χ4n) is 2.59. The number of hydrogen-bond acceptors (Lipinski definition) is 5. The molecule has 1 saturated carbocycles. The van der Waals surface area contributed by atoms with E-state index in [-0.39, 0.29) is 24.0 Å². The highest BCUT2D eigenvalue weighted by molar-refractivity contribution is 14.0. The molecule has 0 spiro atoms. The normalized spacial score (nSPS) is 14.0. The maximum atomic E-state index is 5.70. The molecule has 28 heavy (non-hydrogen) atoms.